The summed E-state index contributed by atoms with van der Waals surface area (Å²) in [5.41, 5.74) is 13.0. The zero-order valence-corrected chi connectivity index (χ0v) is 33.4. The first-order valence-corrected chi connectivity index (χ1v) is 20.8. The molecular formula is C60H40N2. The van der Waals surface area contributed by atoms with E-state index in [-0.39, 0.29) is 57.6 Å². The normalized spacial score (nSPS) is 13.1. The molecule has 0 bridgehead atoms. The third kappa shape index (κ3) is 6.04. The van der Waals surface area contributed by atoms with Gasteiger partial charge < -0.3 is 9.13 Å². The van der Waals surface area contributed by atoms with E-state index in [1.54, 1.807) is 4.57 Å². The van der Waals surface area contributed by atoms with Gasteiger partial charge in [-0.05, 0) is 116 Å². The molecule has 2 heterocycles. The summed E-state index contributed by atoms with van der Waals surface area (Å²) in [6, 6.07) is 65.5. The summed E-state index contributed by atoms with van der Waals surface area (Å²) in [5.74, 6) is 0. The van der Waals surface area contributed by atoms with Gasteiger partial charge in [0.2, 0.25) is 0 Å². The van der Waals surface area contributed by atoms with Crippen molar-refractivity contribution in [2.45, 2.75) is 0 Å². The topological polar surface area (TPSA) is 9.86 Å². The van der Waals surface area contributed by atoms with Crippen LogP contribution in [0.15, 0.2) is 242 Å². The van der Waals surface area contributed by atoms with E-state index in [0.717, 1.165) is 72.0 Å². The minimum absolute atomic E-state index is 0.0854. The minimum atomic E-state index is -0.428. The van der Waals surface area contributed by atoms with Crippen molar-refractivity contribution in [2.75, 3.05) is 0 Å². The van der Waals surface area contributed by atoms with Crippen molar-refractivity contribution in [3.05, 3.63) is 242 Å². The summed E-state index contributed by atoms with van der Waals surface area (Å²) < 4.78 is 69.3. The van der Waals surface area contributed by atoms with E-state index in [4.69, 9.17) is 2.74 Å². The number of aromatic nitrogens is 2. The Morgan fingerprint density at radius 3 is 1.37 bits per heavy atom. The molecule has 0 saturated carbocycles. The standard InChI is InChI=1S/C60H40N2/c1-4-13-41(14-5-1)43-23-25-44(26-24-43)46-29-33-50(34-30-46)61-56-21-11-10-19-53(56)54-39-48(31-37-57(54)61)49-32-38-58-55(40-49)60-52(47-17-8-3-9-18-47)20-12-22-59(60)62(58)51-35-27-45(28-36-51)42-15-6-2-7-16-42/h1-40H/i10D,11D,19D,21D,31D,37D,39D. The van der Waals surface area contributed by atoms with E-state index in [9.17, 15) is 6.85 Å². The third-order valence-electron chi connectivity index (χ3n) is 12.0. The van der Waals surface area contributed by atoms with Crippen molar-refractivity contribution < 1.29 is 9.60 Å². The molecule has 0 aliphatic carbocycles. The predicted molar refractivity (Wildman–Crippen MR) is 262 cm³/mol. The zero-order chi connectivity index (χ0) is 47.1. The Hall–Kier alpha value is -8.20. The highest BCUT2D eigenvalue weighted by Gasteiger charge is 2.19. The largest absolute Gasteiger partial charge is 0.309 e. The Bertz CT molecular complexity index is 3980. The van der Waals surface area contributed by atoms with Crippen LogP contribution >= 0.6 is 0 Å². The Balaban J connectivity index is 1.06. The van der Waals surface area contributed by atoms with Crippen molar-refractivity contribution in [1.82, 2.24) is 9.13 Å². The molecule has 0 N–H and O–H groups in total. The van der Waals surface area contributed by atoms with Crippen molar-refractivity contribution in [1.29, 1.82) is 0 Å². The SMILES string of the molecule is [2H]c1c([2H])c([2H])c2c(c1[2H])c1c([2H])c(-c3ccc4c(c3)c3c(-c5ccccc5)cccc3n4-c3ccc(-c4ccccc4)cc3)c([2H])c([2H])c1n2-c1ccc(-c2ccc(-c3ccccc3)cc2)cc1. The Morgan fingerprint density at radius 1 is 0.290 bits per heavy atom. The average Bonchev–Trinajstić information content (AvgIpc) is 3.94. The molecule has 62 heavy (non-hydrogen) atoms. The summed E-state index contributed by atoms with van der Waals surface area (Å²) in [6.45, 7) is 0. The molecule has 0 radical (unpaired) electrons. The first-order chi connectivity index (χ1) is 33.7. The molecule has 0 atom stereocenters. The van der Waals surface area contributed by atoms with Gasteiger partial charge in [-0.1, -0.05) is 182 Å². The minimum Gasteiger partial charge on any atom is -0.309 e. The molecule has 0 fully saturated rings. The first-order valence-electron chi connectivity index (χ1n) is 24.3. The van der Waals surface area contributed by atoms with Crippen LogP contribution in [-0.4, -0.2) is 9.13 Å². The van der Waals surface area contributed by atoms with Crippen LogP contribution in [0.2, 0.25) is 0 Å². The molecule has 10 aromatic carbocycles. The average molecular weight is 796 g/mol. The maximum atomic E-state index is 9.99. The van der Waals surface area contributed by atoms with Gasteiger partial charge in [0.05, 0.1) is 31.7 Å². The van der Waals surface area contributed by atoms with E-state index >= 15 is 0 Å². The van der Waals surface area contributed by atoms with Gasteiger partial charge in [0, 0.05) is 32.9 Å². The second-order valence-electron chi connectivity index (χ2n) is 15.6. The van der Waals surface area contributed by atoms with E-state index in [0.29, 0.717) is 11.3 Å². The summed E-state index contributed by atoms with van der Waals surface area (Å²) in [7, 11) is 0. The van der Waals surface area contributed by atoms with Gasteiger partial charge in [0.1, 0.15) is 0 Å². The molecule has 2 heteroatoms. The van der Waals surface area contributed by atoms with E-state index in [1.165, 1.54) is 0 Å². The van der Waals surface area contributed by atoms with E-state index in [1.807, 2.05) is 97.1 Å². The molecule has 0 aliphatic rings. The van der Waals surface area contributed by atoms with Gasteiger partial charge in [0.25, 0.3) is 0 Å². The molecule has 2 nitrogen and oxygen atoms in total. The summed E-state index contributed by atoms with van der Waals surface area (Å²) in [4.78, 5) is 0. The van der Waals surface area contributed by atoms with Crippen molar-refractivity contribution in [3.8, 4) is 67.0 Å². The predicted octanol–water partition coefficient (Wildman–Crippen LogP) is 16.2. The number of hydrogen-bond acceptors (Lipinski definition) is 0. The lowest BCUT2D eigenvalue weighted by Crippen LogP contribution is -1.94. The van der Waals surface area contributed by atoms with E-state index in [2.05, 4.69) is 108 Å². The number of hydrogen-bond donors (Lipinski definition) is 0. The van der Waals surface area contributed by atoms with Gasteiger partial charge in [-0.15, -0.1) is 0 Å². The highest BCUT2D eigenvalue weighted by Crippen LogP contribution is 2.42. The molecule has 0 unspecified atom stereocenters. The van der Waals surface area contributed by atoms with Gasteiger partial charge in [-0.25, -0.2) is 0 Å². The lowest BCUT2D eigenvalue weighted by molar-refractivity contribution is 1.18. The molecule has 0 spiro atoms. The molecule has 0 aliphatic heterocycles. The van der Waals surface area contributed by atoms with Gasteiger partial charge in [-0.3, -0.25) is 0 Å². The van der Waals surface area contributed by atoms with Crippen LogP contribution in [0.5, 0.6) is 0 Å². The third-order valence-corrected chi connectivity index (χ3v) is 12.0. The van der Waals surface area contributed by atoms with Crippen LogP contribution in [0.4, 0.5) is 0 Å². The molecular weight excluding hydrogens is 749 g/mol. The first kappa shape index (κ1) is 29.1. The fourth-order valence-electron chi connectivity index (χ4n) is 9.00. The molecule has 12 aromatic rings. The van der Waals surface area contributed by atoms with Gasteiger partial charge in [0.15, 0.2) is 0 Å². The number of fused-ring (bicyclic) bond motifs is 6. The summed E-state index contributed by atoms with van der Waals surface area (Å²) in [6.07, 6.45) is 0. The Kier molecular flexibility index (Phi) is 6.95. The van der Waals surface area contributed by atoms with Crippen LogP contribution in [0.1, 0.15) is 9.60 Å². The summed E-state index contributed by atoms with van der Waals surface area (Å²) >= 11 is 0. The van der Waals surface area contributed by atoms with Crippen molar-refractivity contribution in [2.24, 2.45) is 0 Å². The highest BCUT2D eigenvalue weighted by atomic mass is 15.0. The van der Waals surface area contributed by atoms with Crippen LogP contribution in [-0.2, 0) is 0 Å². The van der Waals surface area contributed by atoms with E-state index < -0.39 is 12.1 Å². The lowest BCUT2D eigenvalue weighted by atomic mass is 9.97. The smallest absolute Gasteiger partial charge is 0.0645 e. The van der Waals surface area contributed by atoms with Crippen LogP contribution in [0.3, 0.4) is 0 Å². The second kappa shape index (κ2) is 14.8. The van der Waals surface area contributed by atoms with Crippen LogP contribution < -0.4 is 0 Å². The van der Waals surface area contributed by atoms with Gasteiger partial charge in [-0.2, -0.15) is 0 Å². The molecule has 0 amide bonds. The monoisotopic (exact) mass is 795 g/mol. The lowest BCUT2D eigenvalue weighted by Gasteiger charge is -2.11. The Labute approximate surface area is 370 Å². The van der Waals surface area contributed by atoms with Crippen molar-refractivity contribution >= 4 is 43.6 Å². The number of nitrogens with zero attached hydrogens (tertiary/aromatic N) is 2. The number of benzene rings is 10. The molecule has 2 aromatic heterocycles. The maximum absolute atomic E-state index is 9.99. The fraction of sp³-hybridized carbons (Fsp3) is 0. The molecule has 0 saturated heterocycles. The quantitative estimate of drug-likeness (QED) is 0.152. The maximum Gasteiger partial charge on any atom is 0.0645 e. The number of para-hydroxylation sites is 1. The van der Waals surface area contributed by atoms with Crippen molar-refractivity contribution in [3.63, 3.8) is 0 Å². The zero-order valence-electron chi connectivity index (χ0n) is 40.4. The number of rotatable bonds is 7. The Morgan fingerprint density at radius 2 is 0.774 bits per heavy atom. The van der Waals surface area contributed by atoms with Gasteiger partial charge >= 0.3 is 0 Å². The van der Waals surface area contributed by atoms with Crippen LogP contribution in [0, 0.1) is 0 Å². The second-order valence-corrected chi connectivity index (χ2v) is 15.6. The van der Waals surface area contributed by atoms with Crippen LogP contribution in [0.25, 0.3) is 111 Å². The molecule has 290 valence electrons. The molecule has 12 rings (SSSR count). The fourth-order valence-corrected chi connectivity index (χ4v) is 9.00. The highest BCUT2D eigenvalue weighted by molar-refractivity contribution is 6.17. The summed E-state index contributed by atoms with van der Waals surface area (Å²) in [5, 5.41) is 2.23.